The van der Waals surface area contributed by atoms with E-state index in [1.54, 1.807) is 12.1 Å². The molecule has 0 unspecified atom stereocenters. The number of benzene rings is 1. The van der Waals surface area contributed by atoms with Crippen molar-refractivity contribution in [3.05, 3.63) is 34.3 Å². The number of hydrogen-bond acceptors (Lipinski definition) is 4. The monoisotopic (exact) mass is 314 g/mol. The van der Waals surface area contributed by atoms with E-state index in [0.29, 0.717) is 0 Å². The molecular weight excluding hydrogens is 304 g/mol. The second kappa shape index (κ2) is 3.80. The van der Waals surface area contributed by atoms with Crippen LogP contribution in [0, 0.1) is 11.3 Å². The first kappa shape index (κ1) is 12.6. The number of halogens is 1. The minimum absolute atomic E-state index is 0.435. The smallest absolute Gasteiger partial charge is 0.153 e. The Bertz CT molecular complexity index is 591. The van der Waals surface area contributed by atoms with Crippen molar-refractivity contribution in [3.8, 4) is 6.07 Å². The molecule has 0 saturated heterocycles. The Morgan fingerprint density at radius 2 is 1.94 bits per heavy atom. The van der Waals surface area contributed by atoms with Crippen LogP contribution < -0.4 is 5.73 Å². The average molecular weight is 315 g/mol. The molecule has 0 heterocycles. The minimum atomic E-state index is -3.32. The molecule has 2 N–H and O–H groups in total. The standard InChI is InChI=1S/C11H11BrN2O2S/c1-17(15,16)10-9(11(10,14)6-13)7-2-4-8(12)5-3-7/h2-5,9-10H,14H2,1H3/t9-,10+,11+/m0/s1. The van der Waals surface area contributed by atoms with Crippen LogP contribution in [0.1, 0.15) is 11.5 Å². The van der Waals surface area contributed by atoms with E-state index in [1.165, 1.54) is 0 Å². The Kier molecular flexibility index (Phi) is 2.81. The fourth-order valence-corrected chi connectivity index (χ4v) is 4.20. The molecule has 4 nitrogen and oxygen atoms in total. The number of nitrogens with two attached hydrogens (primary N) is 1. The van der Waals surface area contributed by atoms with Crippen molar-refractivity contribution in [1.82, 2.24) is 0 Å². The third-order valence-corrected chi connectivity index (χ3v) is 5.18. The molecule has 1 aliphatic rings. The van der Waals surface area contributed by atoms with Gasteiger partial charge in [0.25, 0.3) is 0 Å². The van der Waals surface area contributed by atoms with Crippen molar-refractivity contribution in [2.75, 3.05) is 6.26 Å². The quantitative estimate of drug-likeness (QED) is 0.888. The molecule has 0 radical (unpaired) electrons. The molecule has 0 aliphatic heterocycles. The van der Waals surface area contributed by atoms with Gasteiger partial charge in [-0.1, -0.05) is 28.1 Å². The zero-order valence-electron chi connectivity index (χ0n) is 9.09. The molecule has 17 heavy (non-hydrogen) atoms. The minimum Gasteiger partial charge on any atom is -0.312 e. The third-order valence-electron chi connectivity index (χ3n) is 3.06. The van der Waals surface area contributed by atoms with Gasteiger partial charge in [0.2, 0.25) is 0 Å². The Labute approximate surface area is 108 Å². The van der Waals surface area contributed by atoms with Crippen LogP contribution >= 0.6 is 15.9 Å². The van der Waals surface area contributed by atoms with Gasteiger partial charge in [0.15, 0.2) is 9.84 Å². The molecule has 90 valence electrons. The van der Waals surface area contributed by atoms with Gasteiger partial charge in [0.05, 0.1) is 6.07 Å². The lowest BCUT2D eigenvalue weighted by molar-refractivity contribution is 0.597. The summed E-state index contributed by atoms with van der Waals surface area (Å²) in [5, 5.41) is 8.23. The molecule has 1 aromatic carbocycles. The normalized spacial score (nSPS) is 31.9. The van der Waals surface area contributed by atoms with E-state index in [1.807, 2.05) is 18.2 Å². The fraction of sp³-hybridized carbons (Fsp3) is 0.364. The van der Waals surface area contributed by atoms with Gasteiger partial charge < -0.3 is 5.73 Å². The Morgan fingerprint density at radius 3 is 2.29 bits per heavy atom. The van der Waals surface area contributed by atoms with Crippen molar-refractivity contribution >= 4 is 25.8 Å². The molecule has 2 rings (SSSR count). The van der Waals surface area contributed by atoms with Crippen molar-refractivity contribution in [2.45, 2.75) is 16.7 Å². The summed E-state index contributed by atoms with van der Waals surface area (Å²) in [6.45, 7) is 0. The van der Waals surface area contributed by atoms with Gasteiger partial charge in [-0.05, 0) is 17.7 Å². The molecule has 6 heteroatoms. The summed E-state index contributed by atoms with van der Waals surface area (Å²) in [5.41, 5.74) is 5.33. The predicted molar refractivity (Wildman–Crippen MR) is 68.0 cm³/mol. The number of sulfone groups is 1. The van der Waals surface area contributed by atoms with Crippen molar-refractivity contribution in [3.63, 3.8) is 0 Å². The van der Waals surface area contributed by atoms with E-state index < -0.39 is 26.5 Å². The largest absolute Gasteiger partial charge is 0.312 e. The van der Waals surface area contributed by atoms with Gasteiger partial charge in [-0.15, -0.1) is 0 Å². The second-order valence-electron chi connectivity index (χ2n) is 4.32. The molecule has 0 bridgehead atoms. The zero-order chi connectivity index (χ0) is 12.8. The highest BCUT2D eigenvalue weighted by molar-refractivity contribution is 9.10. The van der Waals surface area contributed by atoms with Crippen LogP contribution in [0.25, 0.3) is 0 Å². The van der Waals surface area contributed by atoms with Gasteiger partial charge in [-0.2, -0.15) is 5.26 Å². The Hall–Kier alpha value is -0.900. The lowest BCUT2D eigenvalue weighted by Crippen LogP contribution is -2.28. The van der Waals surface area contributed by atoms with E-state index in [4.69, 9.17) is 11.0 Å². The molecule has 1 aliphatic carbocycles. The maximum absolute atomic E-state index is 11.6. The summed E-state index contributed by atoms with van der Waals surface area (Å²) < 4.78 is 24.1. The Balaban J connectivity index is 2.42. The SMILES string of the molecule is CS(=O)(=O)[C@@H]1[C@H](c2ccc(Br)cc2)[C@]1(N)C#N. The van der Waals surface area contributed by atoms with Crippen LogP contribution in [0.5, 0.6) is 0 Å². The van der Waals surface area contributed by atoms with Crippen LogP contribution in [0.4, 0.5) is 0 Å². The molecule has 1 fully saturated rings. The molecule has 0 amide bonds. The number of rotatable bonds is 2. The van der Waals surface area contributed by atoms with Crippen LogP contribution in [0.15, 0.2) is 28.7 Å². The van der Waals surface area contributed by atoms with E-state index in [9.17, 15) is 8.42 Å². The number of nitriles is 1. The summed E-state index contributed by atoms with van der Waals surface area (Å²) >= 11 is 3.30. The topological polar surface area (TPSA) is 83.9 Å². The van der Waals surface area contributed by atoms with Gasteiger partial charge in [-0.25, -0.2) is 8.42 Å². The third kappa shape index (κ3) is 1.99. The predicted octanol–water partition coefficient (Wildman–Crippen LogP) is 1.18. The molecule has 1 aromatic rings. The van der Waals surface area contributed by atoms with Crippen LogP contribution in [0.3, 0.4) is 0 Å². The summed E-state index contributed by atoms with van der Waals surface area (Å²) in [6.07, 6.45) is 1.12. The fourth-order valence-electron chi connectivity index (χ4n) is 2.23. The highest BCUT2D eigenvalue weighted by Crippen LogP contribution is 2.53. The molecule has 1 saturated carbocycles. The summed E-state index contributed by atoms with van der Waals surface area (Å²) in [4.78, 5) is 0. The summed E-state index contributed by atoms with van der Waals surface area (Å²) in [6, 6.07) is 9.12. The van der Waals surface area contributed by atoms with Gasteiger partial charge in [0.1, 0.15) is 10.8 Å². The van der Waals surface area contributed by atoms with Crippen LogP contribution in [-0.2, 0) is 9.84 Å². The maximum Gasteiger partial charge on any atom is 0.153 e. The van der Waals surface area contributed by atoms with E-state index in [2.05, 4.69) is 15.9 Å². The first-order valence-electron chi connectivity index (χ1n) is 4.95. The maximum atomic E-state index is 11.6. The zero-order valence-corrected chi connectivity index (χ0v) is 11.5. The highest BCUT2D eigenvalue weighted by Gasteiger charge is 2.69. The molecule has 3 atom stereocenters. The molecule has 0 spiro atoms. The lowest BCUT2D eigenvalue weighted by atomic mass is 10.1. The van der Waals surface area contributed by atoms with Crippen LogP contribution in [0.2, 0.25) is 0 Å². The van der Waals surface area contributed by atoms with Gasteiger partial charge >= 0.3 is 0 Å². The molecular formula is C11H11BrN2O2S. The number of nitrogens with zero attached hydrogens (tertiary/aromatic N) is 1. The Morgan fingerprint density at radius 1 is 1.41 bits per heavy atom. The van der Waals surface area contributed by atoms with Crippen molar-refractivity contribution in [2.24, 2.45) is 5.73 Å². The van der Waals surface area contributed by atoms with Gasteiger partial charge in [0, 0.05) is 16.6 Å². The average Bonchev–Trinajstić information content (AvgIpc) is 2.87. The molecule has 0 aromatic heterocycles. The summed E-state index contributed by atoms with van der Waals surface area (Å²) in [5.74, 6) is -0.435. The van der Waals surface area contributed by atoms with Crippen LogP contribution in [-0.4, -0.2) is 25.5 Å². The van der Waals surface area contributed by atoms with Gasteiger partial charge in [-0.3, -0.25) is 0 Å². The van der Waals surface area contributed by atoms with Crippen molar-refractivity contribution < 1.29 is 8.42 Å². The highest BCUT2D eigenvalue weighted by atomic mass is 79.9. The first-order valence-corrected chi connectivity index (χ1v) is 7.70. The van der Waals surface area contributed by atoms with Crippen molar-refractivity contribution in [1.29, 1.82) is 5.26 Å². The van der Waals surface area contributed by atoms with E-state index >= 15 is 0 Å². The number of hydrogen-bond donors (Lipinski definition) is 1. The second-order valence-corrected chi connectivity index (χ2v) is 7.41. The van der Waals surface area contributed by atoms with E-state index in [0.717, 1.165) is 16.3 Å². The van der Waals surface area contributed by atoms with E-state index in [-0.39, 0.29) is 0 Å². The summed E-state index contributed by atoms with van der Waals surface area (Å²) in [7, 11) is -3.32. The first-order chi connectivity index (χ1) is 7.80. The lowest BCUT2D eigenvalue weighted by Gasteiger charge is -2.00.